The van der Waals surface area contributed by atoms with Gasteiger partial charge < -0.3 is 10.1 Å². The fourth-order valence-electron chi connectivity index (χ4n) is 3.86. The highest BCUT2D eigenvalue weighted by molar-refractivity contribution is 6.36. The second kappa shape index (κ2) is 9.28. The molecule has 0 spiro atoms. The van der Waals surface area contributed by atoms with Crippen LogP contribution in [-0.4, -0.2) is 29.9 Å². The number of amides is 2. The van der Waals surface area contributed by atoms with Crippen LogP contribution in [0, 0.1) is 26.6 Å². The molecule has 4 rings (SSSR count). The van der Waals surface area contributed by atoms with E-state index < -0.39 is 17.6 Å². The van der Waals surface area contributed by atoms with E-state index in [9.17, 15) is 14.0 Å². The smallest absolute Gasteiger partial charge is 0.278 e. The van der Waals surface area contributed by atoms with E-state index in [1.54, 1.807) is 24.3 Å². The maximum atomic E-state index is 13.7. The van der Waals surface area contributed by atoms with Crippen molar-refractivity contribution in [2.45, 2.75) is 20.8 Å². The Hall–Kier alpha value is -3.93. The standard InChI is InChI=1S/C27H25FN2O3/c1-17-7-9-20(10-8-17)24-25(29-22-6-4-5-21(28)16-22)27(32)30(26(24)31)11-12-33-23-14-18(2)13-19(3)15-23/h4-10,13-16,29H,11-12H2,1-3H3. The lowest BCUT2D eigenvalue weighted by molar-refractivity contribution is -0.137. The van der Waals surface area contributed by atoms with Gasteiger partial charge in [-0.15, -0.1) is 0 Å². The molecule has 1 aliphatic heterocycles. The molecule has 5 nitrogen and oxygen atoms in total. The molecule has 0 aromatic heterocycles. The lowest BCUT2D eigenvalue weighted by Gasteiger charge is -2.16. The van der Waals surface area contributed by atoms with Crippen molar-refractivity contribution in [1.82, 2.24) is 4.90 Å². The van der Waals surface area contributed by atoms with E-state index in [1.807, 2.05) is 51.1 Å². The Bertz CT molecular complexity index is 1230. The van der Waals surface area contributed by atoms with E-state index in [1.165, 1.54) is 17.0 Å². The van der Waals surface area contributed by atoms with Gasteiger partial charge in [-0.25, -0.2) is 4.39 Å². The summed E-state index contributed by atoms with van der Waals surface area (Å²) >= 11 is 0. The van der Waals surface area contributed by atoms with Crippen molar-refractivity contribution in [3.8, 4) is 5.75 Å². The first kappa shape index (κ1) is 22.3. The van der Waals surface area contributed by atoms with Gasteiger partial charge in [0.2, 0.25) is 0 Å². The molecule has 1 aliphatic rings. The summed E-state index contributed by atoms with van der Waals surface area (Å²) in [6, 6.07) is 19.0. The van der Waals surface area contributed by atoms with Gasteiger partial charge in [-0.05, 0) is 67.8 Å². The number of carbonyl (C=O) groups excluding carboxylic acids is 2. The van der Waals surface area contributed by atoms with Crippen molar-refractivity contribution in [3.05, 3.63) is 100 Å². The number of rotatable bonds is 7. The number of ether oxygens (including phenoxy) is 1. The topological polar surface area (TPSA) is 58.6 Å². The van der Waals surface area contributed by atoms with Gasteiger partial charge >= 0.3 is 0 Å². The molecule has 0 saturated heterocycles. The van der Waals surface area contributed by atoms with Gasteiger partial charge in [0.25, 0.3) is 11.8 Å². The first-order valence-electron chi connectivity index (χ1n) is 10.7. The van der Waals surface area contributed by atoms with Crippen molar-refractivity contribution in [2.75, 3.05) is 18.5 Å². The largest absolute Gasteiger partial charge is 0.492 e. The molecule has 0 radical (unpaired) electrons. The highest BCUT2D eigenvalue weighted by Gasteiger charge is 2.39. The zero-order valence-corrected chi connectivity index (χ0v) is 18.8. The number of nitrogens with zero attached hydrogens (tertiary/aromatic N) is 1. The van der Waals surface area contributed by atoms with E-state index >= 15 is 0 Å². The average Bonchev–Trinajstić information content (AvgIpc) is 2.98. The number of benzene rings is 3. The summed E-state index contributed by atoms with van der Waals surface area (Å²) < 4.78 is 19.5. The average molecular weight is 445 g/mol. The normalized spacial score (nSPS) is 13.6. The van der Waals surface area contributed by atoms with E-state index in [2.05, 4.69) is 5.32 Å². The Morgan fingerprint density at radius 1 is 0.848 bits per heavy atom. The molecule has 0 saturated carbocycles. The molecule has 1 heterocycles. The molecule has 0 atom stereocenters. The van der Waals surface area contributed by atoms with Crippen molar-refractivity contribution >= 4 is 23.1 Å². The van der Waals surface area contributed by atoms with Gasteiger partial charge in [0, 0.05) is 5.69 Å². The first-order chi connectivity index (χ1) is 15.8. The van der Waals surface area contributed by atoms with Crippen LogP contribution in [0.15, 0.2) is 72.4 Å². The molecular formula is C27H25FN2O3. The van der Waals surface area contributed by atoms with Crippen LogP contribution in [-0.2, 0) is 9.59 Å². The van der Waals surface area contributed by atoms with E-state index in [0.29, 0.717) is 17.0 Å². The molecule has 0 aliphatic carbocycles. The van der Waals surface area contributed by atoms with Crippen LogP contribution in [0.3, 0.4) is 0 Å². The summed E-state index contributed by atoms with van der Waals surface area (Å²) in [5, 5.41) is 2.96. The minimum absolute atomic E-state index is 0.0916. The monoisotopic (exact) mass is 444 g/mol. The number of nitrogens with one attached hydrogen (secondary N) is 1. The van der Waals surface area contributed by atoms with Gasteiger partial charge in [-0.1, -0.05) is 42.0 Å². The second-order valence-corrected chi connectivity index (χ2v) is 8.19. The van der Waals surface area contributed by atoms with Crippen LogP contribution in [0.4, 0.5) is 10.1 Å². The molecule has 6 heteroatoms. The molecule has 168 valence electrons. The fraction of sp³-hybridized carbons (Fsp3) is 0.185. The van der Waals surface area contributed by atoms with Crippen LogP contribution in [0.2, 0.25) is 0 Å². The summed E-state index contributed by atoms with van der Waals surface area (Å²) in [7, 11) is 0. The van der Waals surface area contributed by atoms with Gasteiger partial charge in [-0.3, -0.25) is 14.5 Å². The van der Waals surface area contributed by atoms with Gasteiger partial charge in [0.05, 0.1) is 12.1 Å². The van der Waals surface area contributed by atoms with Crippen molar-refractivity contribution in [1.29, 1.82) is 0 Å². The molecule has 33 heavy (non-hydrogen) atoms. The highest BCUT2D eigenvalue weighted by Crippen LogP contribution is 2.31. The Morgan fingerprint density at radius 2 is 1.55 bits per heavy atom. The number of hydrogen-bond donors (Lipinski definition) is 1. The third-order valence-electron chi connectivity index (χ3n) is 5.38. The minimum Gasteiger partial charge on any atom is -0.492 e. The van der Waals surface area contributed by atoms with Crippen molar-refractivity contribution in [2.24, 2.45) is 0 Å². The predicted octanol–water partition coefficient (Wildman–Crippen LogP) is 5.02. The highest BCUT2D eigenvalue weighted by atomic mass is 19.1. The van der Waals surface area contributed by atoms with Gasteiger partial charge in [-0.2, -0.15) is 0 Å². The lowest BCUT2D eigenvalue weighted by Crippen LogP contribution is -2.36. The molecule has 3 aromatic carbocycles. The molecule has 0 bridgehead atoms. The zero-order chi connectivity index (χ0) is 23.5. The SMILES string of the molecule is Cc1ccc(C2=C(Nc3cccc(F)c3)C(=O)N(CCOc3cc(C)cc(C)c3)C2=O)cc1. The number of carbonyl (C=O) groups is 2. The van der Waals surface area contributed by atoms with Crippen LogP contribution >= 0.6 is 0 Å². The number of aryl methyl sites for hydroxylation is 3. The van der Waals surface area contributed by atoms with E-state index in [-0.39, 0.29) is 24.4 Å². The third-order valence-corrected chi connectivity index (χ3v) is 5.38. The first-order valence-corrected chi connectivity index (χ1v) is 10.7. The summed E-state index contributed by atoms with van der Waals surface area (Å²) in [4.78, 5) is 27.7. The Balaban J connectivity index is 1.59. The number of halogens is 1. The van der Waals surface area contributed by atoms with Crippen LogP contribution in [0.25, 0.3) is 5.57 Å². The minimum atomic E-state index is -0.469. The summed E-state index contributed by atoms with van der Waals surface area (Å²) in [5.41, 5.74) is 4.58. The van der Waals surface area contributed by atoms with E-state index in [4.69, 9.17) is 4.74 Å². The maximum absolute atomic E-state index is 13.7. The second-order valence-electron chi connectivity index (χ2n) is 8.19. The Labute approximate surface area is 192 Å². The molecular weight excluding hydrogens is 419 g/mol. The Kier molecular flexibility index (Phi) is 6.27. The summed E-state index contributed by atoms with van der Waals surface area (Å²) in [6.07, 6.45) is 0. The van der Waals surface area contributed by atoms with Crippen LogP contribution in [0.5, 0.6) is 5.75 Å². The predicted molar refractivity (Wildman–Crippen MR) is 126 cm³/mol. The zero-order valence-electron chi connectivity index (χ0n) is 18.8. The lowest BCUT2D eigenvalue weighted by atomic mass is 10.0. The third kappa shape index (κ3) is 4.95. The van der Waals surface area contributed by atoms with Crippen molar-refractivity contribution in [3.63, 3.8) is 0 Å². The molecule has 2 amide bonds. The van der Waals surface area contributed by atoms with Crippen molar-refractivity contribution < 1.29 is 18.7 Å². The quantitative estimate of drug-likeness (QED) is 0.520. The number of imide groups is 1. The molecule has 0 unspecified atom stereocenters. The molecule has 3 aromatic rings. The van der Waals surface area contributed by atoms with Crippen LogP contribution in [0.1, 0.15) is 22.3 Å². The number of anilines is 1. The maximum Gasteiger partial charge on any atom is 0.278 e. The van der Waals surface area contributed by atoms with Gasteiger partial charge in [0.1, 0.15) is 23.9 Å². The van der Waals surface area contributed by atoms with Gasteiger partial charge in [0.15, 0.2) is 0 Å². The summed E-state index contributed by atoms with van der Waals surface area (Å²) in [6.45, 7) is 6.16. The van der Waals surface area contributed by atoms with Crippen LogP contribution < -0.4 is 10.1 Å². The Morgan fingerprint density at radius 3 is 2.21 bits per heavy atom. The summed E-state index contributed by atoms with van der Waals surface area (Å²) in [5.74, 6) is -0.625. The molecule has 0 fully saturated rings. The van der Waals surface area contributed by atoms with E-state index in [0.717, 1.165) is 16.7 Å². The number of hydrogen-bond acceptors (Lipinski definition) is 4. The molecule has 1 N–H and O–H groups in total. The fourth-order valence-corrected chi connectivity index (χ4v) is 3.86.